The van der Waals surface area contributed by atoms with E-state index in [2.05, 4.69) is 0 Å². The minimum Gasteiger partial charge on any atom is -0.497 e. The predicted molar refractivity (Wildman–Crippen MR) is 108 cm³/mol. The van der Waals surface area contributed by atoms with Crippen LogP contribution in [0.3, 0.4) is 0 Å². The molecule has 2 aromatic carbocycles. The van der Waals surface area contributed by atoms with Crippen molar-refractivity contribution in [3.8, 4) is 17.2 Å². The summed E-state index contributed by atoms with van der Waals surface area (Å²) in [5.74, 6) is 1.21. The van der Waals surface area contributed by atoms with Gasteiger partial charge in [-0.3, -0.25) is 4.79 Å². The summed E-state index contributed by atoms with van der Waals surface area (Å²) in [6, 6.07) is 10.6. The second kappa shape index (κ2) is 7.99. The highest BCUT2D eigenvalue weighted by atomic mass is 16.6. The van der Waals surface area contributed by atoms with E-state index in [1.54, 1.807) is 53.0 Å². The lowest BCUT2D eigenvalue weighted by Crippen LogP contribution is -2.27. The first-order valence-electron chi connectivity index (χ1n) is 9.24. The molecule has 0 atom stereocenters. The number of ketones is 1. The Labute approximate surface area is 170 Å². The van der Waals surface area contributed by atoms with Gasteiger partial charge in [0, 0.05) is 5.56 Å². The summed E-state index contributed by atoms with van der Waals surface area (Å²) in [6.45, 7) is 6.94. The van der Waals surface area contributed by atoms with Crippen molar-refractivity contribution in [3.05, 3.63) is 58.8 Å². The highest BCUT2D eigenvalue weighted by molar-refractivity contribution is 6.15. The molecule has 152 valence electrons. The molecule has 0 aromatic heterocycles. The third kappa shape index (κ3) is 4.77. The molecule has 1 aliphatic rings. The number of rotatable bonds is 5. The Kier molecular flexibility index (Phi) is 5.64. The van der Waals surface area contributed by atoms with Crippen LogP contribution in [0.5, 0.6) is 17.2 Å². The number of esters is 1. The Morgan fingerprint density at radius 3 is 2.41 bits per heavy atom. The molecular weight excluding hydrogens is 372 g/mol. The molecule has 0 saturated heterocycles. The number of hydrogen-bond donors (Lipinski definition) is 0. The van der Waals surface area contributed by atoms with E-state index in [1.165, 1.54) is 0 Å². The van der Waals surface area contributed by atoms with Gasteiger partial charge >= 0.3 is 5.97 Å². The van der Waals surface area contributed by atoms with Gasteiger partial charge < -0.3 is 18.9 Å². The van der Waals surface area contributed by atoms with Gasteiger partial charge in [0.1, 0.15) is 22.8 Å². The van der Waals surface area contributed by atoms with Gasteiger partial charge in [-0.25, -0.2) is 4.79 Å². The van der Waals surface area contributed by atoms with Crippen molar-refractivity contribution in [2.45, 2.75) is 33.3 Å². The van der Waals surface area contributed by atoms with Gasteiger partial charge in [-0.2, -0.15) is 0 Å². The Morgan fingerprint density at radius 2 is 1.79 bits per heavy atom. The maximum atomic E-state index is 12.7. The molecule has 3 rings (SSSR count). The lowest BCUT2D eigenvalue weighted by atomic mass is 10.1. The Balaban J connectivity index is 1.76. The molecule has 1 aliphatic heterocycles. The monoisotopic (exact) mass is 396 g/mol. The lowest BCUT2D eigenvalue weighted by molar-refractivity contribution is -0.157. The Morgan fingerprint density at radius 1 is 1.10 bits per heavy atom. The molecule has 0 N–H and O–H groups in total. The van der Waals surface area contributed by atoms with Gasteiger partial charge in [0.15, 0.2) is 12.4 Å². The second-order valence-corrected chi connectivity index (χ2v) is 7.65. The summed E-state index contributed by atoms with van der Waals surface area (Å²) in [6.07, 6.45) is 1.68. The van der Waals surface area contributed by atoms with E-state index in [9.17, 15) is 9.59 Å². The summed E-state index contributed by atoms with van der Waals surface area (Å²) >= 11 is 0. The van der Waals surface area contributed by atoms with Crippen LogP contribution >= 0.6 is 0 Å². The van der Waals surface area contributed by atoms with Crippen molar-refractivity contribution in [1.82, 2.24) is 0 Å². The summed E-state index contributed by atoms with van der Waals surface area (Å²) < 4.78 is 21.8. The first kappa shape index (κ1) is 20.5. The number of fused-ring (bicyclic) bond motifs is 1. The van der Waals surface area contributed by atoms with Gasteiger partial charge in [-0.1, -0.05) is 12.1 Å². The molecule has 2 aromatic rings. The molecule has 1 heterocycles. The highest BCUT2D eigenvalue weighted by Crippen LogP contribution is 2.39. The molecule has 0 spiro atoms. The van der Waals surface area contributed by atoms with E-state index in [1.807, 2.05) is 24.3 Å². The van der Waals surface area contributed by atoms with Crippen LogP contribution in [-0.4, -0.2) is 31.1 Å². The van der Waals surface area contributed by atoms with Crippen LogP contribution < -0.4 is 14.2 Å². The fourth-order valence-corrected chi connectivity index (χ4v) is 2.88. The van der Waals surface area contributed by atoms with Crippen LogP contribution in [0, 0.1) is 6.92 Å². The molecule has 0 bridgehead atoms. The van der Waals surface area contributed by atoms with Crippen molar-refractivity contribution < 1.29 is 28.5 Å². The second-order valence-electron chi connectivity index (χ2n) is 7.65. The molecule has 29 heavy (non-hydrogen) atoms. The van der Waals surface area contributed by atoms with Crippen LogP contribution in [0.2, 0.25) is 0 Å². The zero-order valence-corrected chi connectivity index (χ0v) is 17.2. The Hall–Kier alpha value is -3.28. The number of ether oxygens (including phenoxy) is 4. The zero-order chi connectivity index (χ0) is 21.2. The van der Waals surface area contributed by atoms with E-state index in [4.69, 9.17) is 18.9 Å². The number of allylic oxidation sites excluding steroid dienone is 1. The normalized spacial score (nSPS) is 14.4. The Bertz CT molecular complexity index is 964. The van der Waals surface area contributed by atoms with Crippen molar-refractivity contribution in [2.24, 2.45) is 0 Å². The average Bonchev–Trinajstić information content (AvgIpc) is 2.97. The molecule has 0 fully saturated rings. The summed E-state index contributed by atoms with van der Waals surface area (Å²) in [5, 5.41) is 0. The average molecular weight is 396 g/mol. The zero-order valence-electron chi connectivity index (χ0n) is 17.2. The lowest BCUT2D eigenvalue weighted by Gasteiger charge is -2.19. The number of benzene rings is 2. The molecular formula is C23H24O6. The van der Waals surface area contributed by atoms with Crippen LogP contribution in [0.1, 0.15) is 42.3 Å². The quantitative estimate of drug-likeness (QED) is 0.553. The highest BCUT2D eigenvalue weighted by Gasteiger charge is 2.30. The van der Waals surface area contributed by atoms with E-state index < -0.39 is 11.6 Å². The standard InChI is InChI=1S/C23H24O6/c1-14-18(27-13-20(24)29-23(2,3)4)11-10-17-21(25)19(28-22(14)17)12-15-6-8-16(26-5)9-7-15/h6-12H,13H2,1-5H3/b19-12-. The van der Waals surface area contributed by atoms with E-state index >= 15 is 0 Å². The molecule has 0 aliphatic carbocycles. The van der Waals surface area contributed by atoms with Crippen molar-refractivity contribution in [1.29, 1.82) is 0 Å². The van der Waals surface area contributed by atoms with E-state index in [0.29, 0.717) is 22.6 Å². The summed E-state index contributed by atoms with van der Waals surface area (Å²) in [5.41, 5.74) is 1.36. The van der Waals surface area contributed by atoms with Gasteiger partial charge in [0.2, 0.25) is 5.78 Å². The van der Waals surface area contributed by atoms with Crippen molar-refractivity contribution in [2.75, 3.05) is 13.7 Å². The molecule has 0 amide bonds. The molecule has 0 saturated carbocycles. The smallest absolute Gasteiger partial charge is 0.344 e. The number of hydrogen-bond acceptors (Lipinski definition) is 6. The van der Waals surface area contributed by atoms with Gasteiger partial charge in [-0.05, 0) is 63.6 Å². The number of methoxy groups -OCH3 is 1. The molecule has 6 heteroatoms. The van der Waals surface area contributed by atoms with Crippen LogP contribution in [0.15, 0.2) is 42.2 Å². The number of carbonyl (C=O) groups is 2. The van der Waals surface area contributed by atoms with Gasteiger partial charge in [0.05, 0.1) is 12.7 Å². The van der Waals surface area contributed by atoms with Gasteiger partial charge in [-0.15, -0.1) is 0 Å². The molecule has 0 unspecified atom stereocenters. The van der Waals surface area contributed by atoms with E-state index in [-0.39, 0.29) is 18.1 Å². The third-order valence-corrected chi connectivity index (χ3v) is 4.22. The number of Topliss-reactive ketones (excluding diaryl/α,β-unsaturated/α-hetero) is 1. The molecule has 0 radical (unpaired) electrons. The van der Waals surface area contributed by atoms with Crippen LogP contribution in [-0.2, 0) is 9.53 Å². The molecule has 6 nitrogen and oxygen atoms in total. The predicted octanol–water partition coefficient (Wildman–Crippen LogP) is 4.34. The van der Waals surface area contributed by atoms with Crippen molar-refractivity contribution >= 4 is 17.8 Å². The SMILES string of the molecule is COc1ccc(/C=C2\Oc3c(ccc(OCC(=O)OC(C)(C)C)c3C)C2=O)cc1. The fourth-order valence-electron chi connectivity index (χ4n) is 2.88. The van der Waals surface area contributed by atoms with E-state index in [0.717, 1.165) is 11.3 Å². The minimum atomic E-state index is -0.579. The van der Waals surface area contributed by atoms with Crippen molar-refractivity contribution in [3.63, 3.8) is 0 Å². The van der Waals surface area contributed by atoms with Crippen LogP contribution in [0.4, 0.5) is 0 Å². The largest absolute Gasteiger partial charge is 0.497 e. The summed E-state index contributed by atoms with van der Waals surface area (Å²) in [4.78, 5) is 24.6. The minimum absolute atomic E-state index is 0.197. The third-order valence-electron chi connectivity index (χ3n) is 4.22. The summed E-state index contributed by atoms with van der Waals surface area (Å²) in [7, 11) is 1.60. The number of carbonyl (C=O) groups excluding carboxylic acids is 2. The maximum Gasteiger partial charge on any atom is 0.344 e. The maximum absolute atomic E-state index is 12.7. The van der Waals surface area contributed by atoms with Crippen LogP contribution in [0.25, 0.3) is 6.08 Å². The fraction of sp³-hybridized carbons (Fsp3) is 0.304. The van der Waals surface area contributed by atoms with Gasteiger partial charge in [0.25, 0.3) is 0 Å². The first-order valence-corrected chi connectivity index (χ1v) is 9.24. The first-order chi connectivity index (χ1) is 13.7. The topological polar surface area (TPSA) is 71.1 Å².